The minimum atomic E-state index is -0.322. The Bertz CT molecular complexity index is 669. The Morgan fingerprint density at radius 2 is 1.68 bits per heavy atom. The summed E-state index contributed by atoms with van der Waals surface area (Å²) in [6.45, 7) is 6.27. The van der Waals surface area contributed by atoms with E-state index in [9.17, 15) is 4.79 Å². The van der Waals surface area contributed by atoms with E-state index in [0.717, 1.165) is 0 Å². The Balaban J connectivity index is 1.86. The summed E-state index contributed by atoms with van der Waals surface area (Å²) in [4.78, 5) is 15.1. The van der Waals surface area contributed by atoms with Gasteiger partial charge in [-0.3, -0.25) is 4.79 Å². The first-order valence-electron chi connectivity index (χ1n) is 8.24. The van der Waals surface area contributed by atoms with Gasteiger partial charge in [-0.1, -0.05) is 6.92 Å². The lowest BCUT2D eigenvalue weighted by atomic mass is 10.1. The number of amides is 1. The van der Waals surface area contributed by atoms with Gasteiger partial charge >= 0.3 is 0 Å². The van der Waals surface area contributed by atoms with E-state index in [4.69, 9.17) is 19.9 Å². The van der Waals surface area contributed by atoms with Gasteiger partial charge in [0.25, 0.3) is 0 Å². The van der Waals surface area contributed by atoms with Crippen molar-refractivity contribution in [2.45, 2.75) is 33.3 Å². The van der Waals surface area contributed by atoms with Crippen LogP contribution in [0.2, 0.25) is 0 Å². The number of nitrogens with two attached hydrogens (primary N) is 1. The second kappa shape index (κ2) is 8.92. The van der Waals surface area contributed by atoms with Crippen LogP contribution in [0.1, 0.15) is 27.2 Å². The van der Waals surface area contributed by atoms with Gasteiger partial charge in [-0.25, -0.2) is 4.98 Å². The molecule has 0 aliphatic carbocycles. The maximum atomic E-state index is 10.8. The first kappa shape index (κ1) is 18.6. The molecular formula is C19H24N2O4. The van der Waals surface area contributed by atoms with Crippen LogP contribution in [0.15, 0.2) is 42.6 Å². The number of rotatable bonds is 9. The highest BCUT2D eigenvalue weighted by Gasteiger charge is 2.07. The number of hydrogen-bond acceptors (Lipinski definition) is 5. The summed E-state index contributed by atoms with van der Waals surface area (Å²) in [5.74, 6) is 2.30. The molecule has 1 aromatic heterocycles. The normalized spacial score (nSPS) is 11.8. The summed E-state index contributed by atoms with van der Waals surface area (Å²) in [6, 6.07) is 10.8. The van der Waals surface area contributed by atoms with Crippen molar-refractivity contribution in [1.82, 2.24) is 4.98 Å². The van der Waals surface area contributed by atoms with Crippen molar-refractivity contribution >= 4 is 5.91 Å². The van der Waals surface area contributed by atoms with E-state index >= 15 is 0 Å². The first-order chi connectivity index (χ1) is 11.9. The number of benzene rings is 1. The fourth-order valence-corrected chi connectivity index (χ4v) is 2.13. The Kier molecular flexibility index (Phi) is 6.62. The van der Waals surface area contributed by atoms with Crippen LogP contribution in [0.3, 0.4) is 0 Å². The van der Waals surface area contributed by atoms with Crippen LogP contribution in [-0.4, -0.2) is 23.6 Å². The number of pyridine rings is 1. The highest BCUT2D eigenvalue weighted by Crippen LogP contribution is 2.24. The lowest BCUT2D eigenvalue weighted by Gasteiger charge is -2.12. The molecule has 0 fully saturated rings. The van der Waals surface area contributed by atoms with E-state index in [-0.39, 0.29) is 17.9 Å². The van der Waals surface area contributed by atoms with Crippen LogP contribution in [-0.2, 0) is 4.79 Å². The van der Waals surface area contributed by atoms with Crippen LogP contribution < -0.4 is 19.9 Å². The van der Waals surface area contributed by atoms with E-state index in [1.165, 1.54) is 0 Å². The third-order valence-corrected chi connectivity index (χ3v) is 3.21. The van der Waals surface area contributed by atoms with E-state index in [0.29, 0.717) is 36.2 Å². The maximum Gasteiger partial charge on any atom is 0.219 e. The number of aromatic nitrogens is 1. The minimum Gasteiger partial charge on any atom is -0.493 e. The molecule has 0 bridgehead atoms. The number of carbonyl (C=O) groups is 1. The molecule has 1 aromatic carbocycles. The lowest BCUT2D eigenvalue weighted by molar-refractivity contribution is -0.119. The van der Waals surface area contributed by atoms with Crippen LogP contribution in [0.25, 0.3) is 0 Å². The van der Waals surface area contributed by atoms with Crippen LogP contribution >= 0.6 is 0 Å². The quantitative estimate of drug-likeness (QED) is 0.752. The third-order valence-electron chi connectivity index (χ3n) is 3.21. The molecule has 0 radical (unpaired) electrons. The Hall–Kier alpha value is -2.76. The molecule has 0 aliphatic rings. The average Bonchev–Trinajstić information content (AvgIpc) is 2.55. The zero-order valence-corrected chi connectivity index (χ0v) is 14.8. The SMILES string of the molecule is CC(C)Oc1ccc(Oc2ccc(OC[C@H](C)CC(N)=O)cc2)nc1. The molecule has 2 rings (SSSR count). The third kappa shape index (κ3) is 6.71. The summed E-state index contributed by atoms with van der Waals surface area (Å²) >= 11 is 0. The minimum absolute atomic E-state index is 0.0733. The van der Waals surface area contributed by atoms with Gasteiger partial charge in [-0.2, -0.15) is 0 Å². The fraction of sp³-hybridized carbons (Fsp3) is 0.368. The Morgan fingerprint density at radius 1 is 1.04 bits per heavy atom. The number of hydrogen-bond donors (Lipinski definition) is 1. The van der Waals surface area contributed by atoms with E-state index < -0.39 is 0 Å². The van der Waals surface area contributed by atoms with Gasteiger partial charge in [0.1, 0.15) is 17.2 Å². The molecule has 2 N–H and O–H groups in total. The molecule has 0 spiro atoms. The molecular weight excluding hydrogens is 320 g/mol. The second-order valence-corrected chi connectivity index (χ2v) is 6.16. The molecule has 0 saturated heterocycles. The van der Waals surface area contributed by atoms with Crippen molar-refractivity contribution in [3.63, 3.8) is 0 Å². The molecule has 6 heteroatoms. The Labute approximate surface area is 147 Å². The molecule has 25 heavy (non-hydrogen) atoms. The van der Waals surface area contributed by atoms with E-state index in [2.05, 4.69) is 4.98 Å². The van der Waals surface area contributed by atoms with Gasteiger partial charge in [0.2, 0.25) is 11.8 Å². The number of primary amides is 1. The largest absolute Gasteiger partial charge is 0.493 e. The zero-order valence-electron chi connectivity index (χ0n) is 14.8. The van der Waals surface area contributed by atoms with Crippen LogP contribution in [0.5, 0.6) is 23.1 Å². The predicted molar refractivity (Wildman–Crippen MR) is 95.0 cm³/mol. The van der Waals surface area contributed by atoms with Crippen LogP contribution in [0.4, 0.5) is 0 Å². The topological polar surface area (TPSA) is 83.7 Å². The molecule has 1 amide bonds. The molecule has 6 nitrogen and oxygen atoms in total. The number of carbonyl (C=O) groups excluding carboxylic acids is 1. The van der Waals surface area contributed by atoms with Crippen molar-refractivity contribution in [3.8, 4) is 23.1 Å². The van der Waals surface area contributed by atoms with Gasteiger partial charge in [-0.15, -0.1) is 0 Å². The molecule has 1 atom stereocenters. The molecule has 0 saturated carbocycles. The van der Waals surface area contributed by atoms with Gasteiger partial charge in [-0.05, 0) is 50.1 Å². The Morgan fingerprint density at radius 3 is 2.24 bits per heavy atom. The van der Waals surface area contributed by atoms with Crippen molar-refractivity contribution in [2.24, 2.45) is 11.7 Å². The summed E-state index contributed by atoms with van der Waals surface area (Å²) in [6.07, 6.45) is 2.04. The van der Waals surface area contributed by atoms with Gasteiger partial charge in [0, 0.05) is 12.5 Å². The fourth-order valence-electron chi connectivity index (χ4n) is 2.13. The average molecular weight is 344 g/mol. The highest BCUT2D eigenvalue weighted by molar-refractivity contribution is 5.73. The summed E-state index contributed by atoms with van der Waals surface area (Å²) in [5, 5.41) is 0. The maximum absolute atomic E-state index is 10.8. The zero-order chi connectivity index (χ0) is 18.2. The van der Waals surface area contributed by atoms with Gasteiger partial charge in [0.05, 0.1) is 18.9 Å². The monoisotopic (exact) mass is 344 g/mol. The van der Waals surface area contributed by atoms with Crippen LogP contribution in [0, 0.1) is 5.92 Å². The van der Waals surface area contributed by atoms with Gasteiger partial charge < -0.3 is 19.9 Å². The molecule has 1 heterocycles. The van der Waals surface area contributed by atoms with Gasteiger partial charge in [0.15, 0.2) is 0 Å². The standard InChI is InChI=1S/C19H24N2O4/c1-13(2)24-17-8-9-19(21-11-17)25-16-6-4-15(5-7-16)23-12-14(3)10-18(20)22/h4-9,11,13-14H,10,12H2,1-3H3,(H2,20,22)/t14-/m1/s1. The van der Waals surface area contributed by atoms with Crippen molar-refractivity contribution < 1.29 is 19.0 Å². The number of nitrogens with zero attached hydrogens (tertiary/aromatic N) is 1. The second-order valence-electron chi connectivity index (χ2n) is 6.16. The molecule has 134 valence electrons. The smallest absolute Gasteiger partial charge is 0.219 e. The van der Waals surface area contributed by atoms with Crippen molar-refractivity contribution in [2.75, 3.05) is 6.61 Å². The summed E-state index contributed by atoms with van der Waals surface area (Å²) < 4.78 is 16.9. The first-order valence-corrected chi connectivity index (χ1v) is 8.24. The van der Waals surface area contributed by atoms with Crippen molar-refractivity contribution in [1.29, 1.82) is 0 Å². The summed E-state index contributed by atoms with van der Waals surface area (Å²) in [5.41, 5.74) is 5.16. The summed E-state index contributed by atoms with van der Waals surface area (Å²) in [7, 11) is 0. The lowest BCUT2D eigenvalue weighted by Crippen LogP contribution is -2.18. The predicted octanol–water partition coefficient (Wildman–Crippen LogP) is 3.55. The van der Waals surface area contributed by atoms with Crippen molar-refractivity contribution in [3.05, 3.63) is 42.6 Å². The van der Waals surface area contributed by atoms with E-state index in [1.807, 2.05) is 39.0 Å². The molecule has 0 unspecified atom stereocenters. The number of ether oxygens (including phenoxy) is 3. The molecule has 2 aromatic rings. The molecule has 0 aliphatic heterocycles. The van der Waals surface area contributed by atoms with E-state index in [1.54, 1.807) is 24.4 Å². The highest BCUT2D eigenvalue weighted by atomic mass is 16.5.